The maximum Gasteiger partial charge on any atom is 0.260 e. The van der Waals surface area contributed by atoms with Gasteiger partial charge in [0.15, 0.2) is 6.10 Å². The average molecular weight is 388 g/mol. The Bertz CT molecular complexity index is 617. The molecule has 1 aliphatic carbocycles. The number of benzene rings is 1. The molecule has 1 saturated heterocycles. The van der Waals surface area contributed by atoms with E-state index < -0.39 is 6.10 Å². The van der Waals surface area contributed by atoms with Gasteiger partial charge in [0.05, 0.1) is 0 Å². The summed E-state index contributed by atoms with van der Waals surface area (Å²) in [6, 6.07) is 8.03. The van der Waals surface area contributed by atoms with Gasteiger partial charge >= 0.3 is 0 Å². The van der Waals surface area contributed by atoms with Crippen molar-refractivity contribution in [1.82, 2.24) is 15.1 Å². The lowest BCUT2D eigenvalue weighted by Crippen LogP contribution is -2.62. The number of carbonyl (C=O) groups excluding carboxylic acids is 1. The largest absolute Gasteiger partial charge is 0.481 e. The van der Waals surface area contributed by atoms with Crippen LogP contribution in [0, 0.1) is 0 Å². The molecular formula is C23H37N3O2. The molecule has 156 valence electrons. The number of hydrogen-bond donors (Lipinski definition) is 1. The number of hydrogen-bond acceptors (Lipinski definition) is 4. The molecule has 3 rings (SSSR count). The molecule has 1 atom stereocenters. The van der Waals surface area contributed by atoms with Crippen LogP contribution in [0.4, 0.5) is 0 Å². The van der Waals surface area contributed by atoms with Crippen molar-refractivity contribution in [3.05, 3.63) is 29.8 Å². The molecule has 2 fully saturated rings. The van der Waals surface area contributed by atoms with E-state index in [1.807, 2.05) is 19.1 Å². The van der Waals surface area contributed by atoms with Gasteiger partial charge in [0.1, 0.15) is 5.75 Å². The van der Waals surface area contributed by atoms with Gasteiger partial charge in [-0.25, -0.2) is 0 Å². The normalized spacial score (nSPS) is 21.8. The summed E-state index contributed by atoms with van der Waals surface area (Å²) < 4.78 is 5.88. The summed E-state index contributed by atoms with van der Waals surface area (Å²) in [6.07, 6.45) is 6.73. The Morgan fingerprint density at radius 3 is 2.36 bits per heavy atom. The van der Waals surface area contributed by atoms with Gasteiger partial charge in [-0.3, -0.25) is 9.69 Å². The van der Waals surface area contributed by atoms with Crippen molar-refractivity contribution < 1.29 is 9.53 Å². The van der Waals surface area contributed by atoms with E-state index in [4.69, 9.17) is 4.74 Å². The van der Waals surface area contributed by atoms with Gasteiger partial charge in [0.25, 0.3) is 5.91 Å². The first-order chi connectivity index (χ1) is 13.5. The second kappa shape index (κ2) is 9.75. The van der Waals surface area contributed by atoms with Crippen LogP contribution in [0.15, 0.2) is 24.3 Å². The summed E-state index contributed by atoms with van der Waals surface area (Å²) in [4.78, 5) is 17.8. The molecule has 1 aromatic rings. The zero-order valence-electron chi connectivity index (χ0n) is 17.9. The van der Waals surface area contributed by atoms with Crippen molar-refractivity contribution in [3.8, 4) is 5.75 Å². The number of likely N-dealkylation sites (N-methyl/N-ethyl adjacent to an activating group) is 1. The molecule has 1 aromatic carbocycles. The van der Waals surface area contributed by atoms with E-state index in [0.29, 0.717) is 0 Å². The van der Waals surface area contributed by atoms with Crippen LogP contribution in [0.1, 0.15) is 51.5 Å². The fraction of sp³-hybridized carbons (Fsp3) is 0.696. The van der Waals surface area contributed by atoms with Gasteiger partial charge in [-0.1, -0.05) is 38.3 Å². The number of aryl methyl sites for hydroxylation is 1. The van der Waals surface area contributed by atoms with E-state index in [9.17, 15) is 4.79 Å². The standard InChI is InChI=1S/C23H37N3O2/c1-4-20-8-10-21(11-9-20)28-19(2)22(27)24-18-23(12-6-5-7-13-23)26-16-14-25(3)15-17-26/h8-11,19H,4-7,12-18H2,1-3H3,(H,24,27)/t19-/m0/s1. The summed E-state index contributed by atoms with van der Waals surface area (Å²) in [5, 5.41) is 3.23. The fourth-order valence-electron chi connectivity index (χ4n) is 4.55. The number of rotatable bonds is 7. The van der Waals surface area contributed by atoms with Crippen LogP contribution in [0.2, 0.25) is 0 Å². The Hall–Kier alpha value is -1.59. The molecule has 0 bridgehead atoms. The SMILES string of the molecule is CCc1ccc(O[C@@H](C)C(=O)NCC2(N3CCN(C)CC3)CCCCC2)cc1. The zero-order chi connectivity index (χ0) is 20.0. The van der Waals surface area contributed by atoms with Crippen molar-refractivity contribution in [2.75, 3.05) is 39.8 Å². The topological polar surface area (TPSA) is 44.8 Å². The Balaban J connectivity index is 1.56. The highest BCUT2D eigenvalue weighted by molar-refractivity contribution is 5.80. The third-order valence-electron chi connectivity index (χ3n) is 6.56. The first-order valence-corrected chi connectivity index (χ1v) is 11.0. The summed E-state index contributed by atoms with van der Waals surface area (Å²) in [7, 11) is 2.19. The molecule has 0 unspecified atom stereocenters. The lowest BCUT2D eigenvalue weighted by molar-refractivity contribution is -0.128. The van der Waals surface area contributed by atoms with E-state index >= 15 is 0 Å². The Morgan fingerprint density at radius 2 is 1.75 bits per heavy atom. The predicted molar refractivity (Wildman–Crippen MR) is 114 cm³/mol. The highest BCUT2D eigenvalue weighted by Gasteiger charge is 2.39. The van der Waals surface area contributed by atoms with Crippen molar-refractivity contribution >= 4 is 5.91 Å². The van der Waals surface area contributed by atoms with Crippen LogP contribution in [0.25, 0.3) is 0 Å². The molecule has 28 heavy (non-hydrogen) atoms. The predicted octanol–water partition coefficient (Wildman–Crippen LogP) is 3.08. The molecule has 1 N–H and O–H groups in total. The van der Waals surface area contributed by atoms with Crippen LogP contribution in [-0.4, -0.2) is 67.1 Å². The third kappa shape index (κ3) is 5.26. The molecule has 2 aliphatic rings. The molecule has 0 spiro atoms. The van der Waals surface area contributed by atoms with Gasteiger partial charge in [0, 0.05) is 38.3 Å². The molecule has 0 radical (unpaired) electrons. The smallest absolute Gasteiger partial charge is 0.260 e. The first kappa shape index (κ1) is 21.1. The zero-order valence-corrected chi connectivity index (χ0v) is 17.9. The second-order valence-corrected chi connectivity index (χ2v) is 8.55. The minimum absolute atomic E-state index is 0.0151. The summed E-state index contributed by atoms with van der Waals surface area (Å²) in [5.74, 6) is 0.741. The monoisotopic (exact) mass is 387 g/mol. The molecule has 5 nitrogen and oxygen atoms in total. The highest BCUT2D eigenvalue weighted by atomic mass is 16.5. The molecule has 1 heterocycles. The molecule has 0 aromatic heterocycles. The first-order valence-electron chi connectivity index (χ1n) is 11.0. The highest BCUT2D eigenvalue weighted by Crippen LogP contribution is 2.34. The molecule has 1 saturated carbocycles. The van der Waals surface area contributed by atoms with Gasteiger partial charge in [-0.2, -0.15) is 0 Å². The fourth-order valence-corrected chi connectivity index (χ4v) is 4.55. The number of amides is 1. The van der Waals surface area contributed by atoms with E-state index in [1.165, 1.54) is 37.7 Å². The van der Waals surface area contributed by atoms with Crippen LogP contribution < -0.4 is 10.1 Å². The van der Waals surface area contributed by atoms with Gasteiger partial charge in [0.2, 0.25) is 0 Å². The van der Waals surface area contributed by atoms with Crippen molar-refractivity contribution in [1.29, 1.82) is 0 Å². The van der Waals surface area contributed by atoms with Crippen LogP contribution in [0.5, 0.6) is 5.75 Å². The molecule has 1 amide bonds. The van der Waals surface area contributed by atoms with Gasteiger partial charge in [-0.15, -0.1) is 0 Å². The molecule has 1 aliphatic heterocycles. The van der Waals surface area contributed by atoms with Gasteiger partial charge in [-0.05, 0) is 50.9 Å². The van der Waals surface area contributed by atoms with Crippen LogP contribution in [0.3, 0.4) is 0 Å². The number of nitrogens with zero attached hydrogens (tertiary/aromatic N) is 2. The number of nitrogens with one attached hydrogen (secondary N) is 1. The lowest BCUT2D eigenvalue weighted by Gasteiger charge is -2.49. The van der Waals surface area contributed by atoms with E-state index in [2.05, 4.69) is 41.2 Å². The van der Waals surface area contributed by atoms with Crippen molar-refractivity contribution in [2.45, 2.75) is 64.0 Å². The second-order valence-electron chi connectivity index (χ2n) is 8.55. The molecular weight excluding hydrogens is 350 g/mol. The van der Waals surface area contributed by atoms with E-state index in [-0.39, 0.29) is 11.4 Å². The number of carbonyl (C=O) groups is 1. The quantitative estimate of drug-likeness (QED) is 0.781. The third-order valence-corrected chi connectivity index (χ3v) is 6.56. The lowest BCUT2D eigenvalue weighted by atomic mass is 9.79. The average Bonchev–Trinajstić information content (AvgIpc) is 2.73. The Morgan fingerprint density at radius 1 is 1.11 bits per heavy atom. The van der Waals surface area contributed by atoms with Crippen LogP contribution >= 0.6 is 0 Å². The Labute approximate surface area is 170 Å². The minimum Gasteiger partial charge on any atom is -0.481 e. The molecule has 5 heteroatoms. The number of ether oxygens (including phenoxy) is 1. The van der Waals surface area contributed by atoms with Crippen molar-refractivity contribution in [3.63, 3.8) is 0 Å². The Kier molecular flexibility index (Phi) is 7.36. The van der Waals surface area contributed by atoms with E-state index in [1.54, 1.807) is 0 Å². The summed E-state index contributed by atoms with van der Waals surface area (Å²) in [6.45, 7) is 9.13. The van der Waals surface area contributed by atoms with E-state index in [0.717, 1.165) is 44.9 Å². The van der Waals surface area contributed by atoms with Crippen LogP contribution in [-0.2, 0) is 11.2 Å². The maximum absolute atomic E-state index is 12.7. The summed E-state index contributed by atoms with van der Waals surface area (Å²) in [5.41, 5.74) is 1.40. The number of piperazine rings is 1. The minimum atomic E-state index is -0.486. The van der Waals surface area contributed by atoms with Gasteiger partial charge < -0.3 is 15.0 Å². The van der Waals surface area contributed by atoms with Crippen molar-refractivity contribution in [2.24, 2.45) is 0 Å². The summed E-state index contributed by atoms with van der Waals surface area (Å²) >= 11 is 0. The maximum atomic E-state index is 12.7.